The van der Waals surface area contributed by atoms with Crippen molar-refractivity contribution in [3.8, 4) is 0 Å². The third-order valence-corrected chi connectivity index (χ3v) is 3.47. The zero-order valence-corrected chi connectivity index (χ0v) is 9.75. The average molecular weight is 222 g/mol. The van der Waals surface area contributed by atoms with Crippen LogP contribution in [0.5, 0.6) is 0 Å². The monoisotopic (exact) mass is 222 g/mol. The van der Waals surface area contributed by atoms with Crippen LogP contribution in [0.15, 0.2) is 18.2 Å². The number of nitrogens with zero attached hydrogens (tertiary/aromatic N) is 1. The minimum atomic E-state index is -0.139. The molecule has 1 heterocycles. The Balaban J connectivity index is 2.26. The molecule has 1 aromatic carbocycles. The lowest BCUT2D eigenvalue weighted by Crippen LogP contribution is -2.23. The standard InChI is InChI=1S/C13H19FN2/c1-2-10-6-7-16(9-10)13-11(8-15)4-3-5-12(13)14/h3-5,10H,2,6-9,15H2,1H3. The molecule has 0 saturated carbocycles. The fourth-order valence-corrected chi connectivity index (χ4v) is 2.45. The van der Waals surface area contributed by atoms with Crippen molar-refractivity contribution in [2.24, 2.45) is 11.7 Å². The summed E-state index contributed by atoms with van der Waals surface area (Å²) in [5.41, 5.74) is 7.30. The zero-order chi connectivity index (χ0) is 11.5. The Morgan fingerprint density at radius 3 is 2.94 bits per heavy atom. The molecule has 2 nitrogen and oxygen atoms in total. The van der Waals surface area contributed by atoms with Crippen LogP contribution in [-0.4, -0.2) is 13.1 Å². The molecule has 0 spiro atoms. The number of benzene rings is 1. The van der Waals surface area contributed by atoms with Gasteiger partial charge in [0.15, 0.2) is 0 Å². The molecule has 0 radical (unpaired) electrons. The second-order valence-corrected chi connectivity index (χ2v) is 4.46. The van der Waals surface area contributed by atoms with Crippen molar-refractivity contribution in [3.05, 3.63) is 29.6 Å². The summed E-state index contributed by atoms with van der Waals surface area (Å²) in [6.45, 7) is 4.51. The van der Waals surface area contributed by atoms with Crippen LogP contribution in [0.3, 0.4) is 0 Å². The molecule has 0 aliphatic carbocycles. The van der Waals surface area contributed by atoms with E-state index in [2.05, 4.69) is 11.8 Å². The third kappa shape index (κ3) is 2.05. The topological polar surface area (TPSA) is 29.3 Å². The maximum absolute atomic E-state index is 13.8. The van der Waals surface area contributed by atoms with E-state index < -0.39 is 0 Å². The van der Waals surface area contributed by atoms with E-state index in [1.54, 1.807) is 6.07 Å². The summed E-state index contributed by atoms with van der Waals surface area (Å²) < 4.78 is 13.8. The van der Waals surface area contributed by atoms with Crippen LogP contribution < -0.4 is 10.6 Å². The molecule has 1 aromatic rings. The summed E-state index contributed by atoms with van der Waals surface area (Å²) in [5.74, 6) is 0.560. The number of halogens is 1. The van der Waals surface area contributed by atoms with Gasteiger partial charge in [0, 0.05) is 19.6 Å². The van der Waals surface area contributed by atoms with Crippen LogP contribution in [0.1, 0.15) is 25.3 Å². The van der Waals surface area contributed by atoms with Gasteiger partial charge in [0.2, 0.25) is 0 Å². The smallest absolute Gasteiger partial charge is 0.146 e. The molecule has 1 fully saturated rings. The van der Waals surface area contributed by atoms with E-state index in [9.17, 15) is 4.39 Å². The van der Waals surface area contributed by atoms with E-state index in [4.69, 9.17) is 5.73 Å². The van der Waals surface area contributed by atoms with Gasteiger partial charge in [-0.15, -0.1) is 0 Å². The summed E-state index contributed by atoms with van der Waals surface area (Å²) in [6, 6.07) is 5.17. The summed E-state index contributed by atoms with van der Waals surface area (Å²) in [6.07, 6.45) is 2.33. The van der Waals surface area contributed by atoms with E-state index in [0.717, 1.165) is 30.8 Å². The third-order valence-electron chi connectivity index (χ3n) is 3.47. The maximum atomic E-state index is 13.8. The van der Waals surface area contributed by atoms with E-state index in [1.807, 2.05) is 6.07 Å². The Morgan fingerprint density at radius 2 is 2.31 bits per heavy atom. The molecular weight excluding hydrogens is 203 g/mol. The van der Waals surface area contributed by atoms with Gasteiger partial charge >= 0.3 is 0 Å². The molecule has 2 N–H and O–H groups in total. The Labute approximate surface area is 96.2 Å². The van der Waals surface area contributed by atoms with Crippen molar-refractivity contribution in [2.75, 3.05) is 18.0 Å². The fraction of sp³-hybridized carbons (Fsp3) is 0.538. The van der Waals surface area contributed by atoms with Gasteiger partial charge in [-0.3, -0.25) is 0 Å². The van der Waals surface area contributed by atoms with Crippen LogP contribution in [0.25, 0.3) is 0 Å². The van der Waals surface area contributed by atoms with Crippen LogP contribution in [0.2, 0.25) is 0 Å². The highest BCUT2D eigenvalue weighted by Crippen LogP contribution is 2.30. The van der Waals surface area contributed by atoms with Gasteiger partial charge in [0.1, 0.15) is 5.82 Å². The first-order valence-corrected chi connectivity index (χ1v) is 5.98. The van der Waals surface area contributed by atoms with Crippen LogP contribution >= 0.6 is 0 Å². The molecule has 1 aliphatic heterocycles. The minimum Gasteiger partial charge on any atom is -0.369 e. The Bertz CT molecular complexity index is 365. The lowest BCUT2D eigenvalue weighted by Gasteiger charge is -2.22. The van der Waals surface area contributed by atoms with Crippen molar-refractivity contribution in [1.82, 2.24) is 0 Å². The first kappa shape index (κ1) is 11.4. The van der Waals surface area contributed by atoms with Gasteiger partial charge in [-0.2, -0.15) is 0 Å². The summed E-state index contributed by atoms with van der Waals surface area (Å²) in [4.78, 5) is 2.14. The van der Waals surface area contributed by atoms with Crippen molar-refractivity contribution >= 4 is 5.69 Å². The first-order valence-electron chi connectivity index (χ1n) is 5.98. The van der Waals surface area contributed by atoms with E-state index in [1.165, 1.54) is 12.5 Å². The minimum absolute atomic E-state index is 0.139. The number of nitrogens with two attached hydrogens (primary N) is 1. The second-order valence-electron chi connectivity index (χ2n) is 4.46. The van der Waals surface area contributed by atoms with E-state index in [-0.39, 0.29) is 5.82 Å². The Hall–Kier alpha value is -1.09. The highest BCUT2D eigenvalue weighted by molar-refractivity contribution is 5.55. The van der Waals surface area contributed by atoms with Crippen LogP contribution in [0, 0.1) is 11.7 Å². The highest BCUT2D eigenvalue weighted by Gasteiger charge is 2.24. The van der Waals surface area contributed by atoms with Crippen molar-refractivity contribution in [2.45, 2.75) is 26.3 Å². The number of anilines is 1. The Morgan fingerprint density at radius 1 is 1.50 bits per heavy atom. The molecule has 16 heavy (non-hydrogen) atoms. The molecular formula is C13H19FN2. The van der Waals surface area contributed by atoms with E-state index >= 15 is 0 Å². The second kappa shape index (κ2) is 4.83. The Kier molecular flexibility index (Phi) is 3.44. The quantitative estimate of drug-likeness (QED) is 0.851. The highest BCUT2D eigenvalue weighted by atomic mass is 19.1. The molecule has 0 aromatic heterocycles. The predicted molar refractivity (Wildman–Crippen MR) is 64.9 cm³/mol. The fourth-order valence-electron chi connectivity index (χ4n) is 2.45. The van der Waals surface area contributed by atoms with Gasteiger partial charge in [-0.25, -0.2) is 4.39 Å². The lowest BCUT2D eigenvalue weighted by atomic mass is 10.1. The normalized spacial score (nSPS) is 20.4. The van der Waals surface area contributed by atoms with Crippen molar-refractivity contribution in [3.63, 3.8) is 0 Å². The zero-order valence-electron chi connectivity index (χ0n) is 9.75. The summed E-state index contributed by atoms with van der Waals surface area (Å²) in [7, 11) is 0. The lowest BCUT2D eigenvalue weighted by molar-refractivity contribution is 0.566. The molecule has 2 rings (SSSR count). The van der Waals surface area contributed by atoms with Gasteiger partial charge in [-0.05, 0) is 24.0 Å². The molecule has 0 amide bonds. The number of hydrogen-bond donors (Lipinski definition) is 1. The summed E-state index contributed by atoms with van der Waals surface area (Å²) >= 11 is 0. The van der Waals surface area contributed by atoms with Gasteiger partial charge < -0.3 is 10.6 Å². The van der Waals surface area contributed by atoms with Crippen molar-refractivity contribution in [1.29, 1.82) is 0 Å². The molecule has 88 valence electrons. The van der Waals surface area contributed by atoms with E-state index in [0.29, 0.717) is 12.5 Å². The predicted octanol–water partition coefficient (Wildman–Crippen LogP) is 2.52. The molecule has 1 aliphatic rings. The molecule has 1 atom stereocenters. The number of rotatable bonds is 3. The molecule has 3 heteroatoms. The van der Waals surface area contributed by atoms with Gasteiger partial charge in [0.05, 0.1) is 5.69 Å². The SMILES string of the molecule is CCC1CCN(c2c(F)cccc2CN)C1. The van der Waals surface area contributed by atoms with Crippen molar-refractivity contribution < 1.29 is 4.39 Å². The summed E-state index contributed by atoms with van der Waals surface area (Å²) in [5, 5.41) is 0. The van der Waals surface area contributed by atoms with Crippen LogP contribution in [-0.2, 0) is 6.54 Å². The molecule has 0 bridgehead atoms. The first-order chi connectivity index (χ1) is 7.76. The van der Waals surface area contributed by atoms with Crippen LogP contribution in [0.4, 0.5) is 10.1 Å². The van der Waals surface area contributed by atoms with Gasteiger partial charge in [-0.1, -0.05) is 25.5 Å². The average Bonchev–Trinajstić information content (AvgIpc) is 2.76. The largest absolute Gasteiger partial charge is 0.369 e. The number of hydrogen-bond acceptors (Lipinski definition) is 2. The molecule has 1 saturated heterocycles. The number of para-hydroxylation sites is 1. The molecule has 1 unspecified atom stereocenters. The maximum Gasteiger partial charge on any atom is 0.146 e. The van der Waals surface area contributed by atoms with Gasteiger partial charge in [0.25, 0.3) is 0 Å².